The number of fused-ring (bicyclic) bond motifs is 1. The number of aromatic nitrogens is 4. The molecule has 0 fully saturated rings. The zero-order valence-corrected chi connectivity index (χ0v) is 12.8. The van der Waals surface area contributed by atoms with Gasteiger partial charge in [0.05, 0.1) is 23.7 Å². The maximum Gasteiger partial charge on any atom is 0.226 e. The van der Waals surface area contributed by atoms with Crippen molar-refractivity contribution >= 4 is 45.7 Å². The first-order chi connectivity index (χ1) is 10.1. The van der Waals surface area contributed by atoms with Gasteiger partial charge in [0.25, 0.3) is 0 Å². The first-order valence-corrected chi connectivity index (χ1v) is 6.80. The molecule has 0 saturated carbocycles. The van der Waals surface area contributed by atoms with Gasteiger partial charge in [-0.1, -0.05) is 11.6 Å². The van der Waals surface area contributed by atoms with Crippen molar-refractivity contribution in [2.24, 2.45) is 7.05 Å². The van der Waals surface area contributed by atoms with E-state index in [1.165, 1.54) is 0 Å². The van der Waals surface area contributed by atoms with Crippen molar-refractivity contribution in [3.8, 4) is 5.75 Å². The maximum absolute atomic E-state index is 6.11. The number of halogens is 2. The lowest BCUT2D eigenvalue weighted by atomic mass is 10.3. The van der Waals surface area contributed by atoms with E-state index < -0.39 is 0 Å². The van der Waals surface area contributed by atoms with Crippen LogP contribution in [0.15, 0.2) is 24.4 Å². The Morgan fingerprint density at radius 2 is 2.05 bits per heavy atom. The molecule has 0 aliphatic rings. The molecule has 3 aromatic rings. The summed E-state index contributed by atoms with van der Waals surface area (Å²) in [7, 11) is 3.36. The van der Waals surface area contributed by atoms with Crippen LogP contribution in [-0.2, 0) is 7.05 Å². The van der Waals surface area contributed by atoms with Crippen molar-refractivity contribution in [3.63, 3.8) is 0 Å². The summed E-state index contributed by atoms with van der Waals surface area (Å²) in [4.78, 5) is 8.35. The van der Waals surface area contributed by atoms with E-state index in [0.29, 0.717) is 22.2 Å². The molecule has 108 valence electrons. The number of aryl methyl sites for hydroxylation is 1. The number of hydrogen-bond donors (Lipinski definition) is 1. The highest BCUT2D eigenvalue weighted by Crippen LogP contribution is 2.30. The van der Waals surface area contributed by atoms with Gasteiger partial charge >= 0.3 is 0 Å². The molecule has 1 N–H and O–H groups in total. The molecule has 0 spiro atoms. The summed E-state index contributed by atoms with van der Waals surface area (Å²) in [5.41, 5.74) is 1.41. The average molecular weight is 324 g/mol. The standard InChI is InChI=1S/C13H11Cl2N5O/c1-20-12-8(6-16-20)11(18-13(15)19-12)17-7-3-4-10(21-2)9(14)5-7/h3-6H,1-2H3,(H,17,18,19). The summed E-state index contributed by atoms with van der Waals surface area (Å²) in [5.74, 6) is 1.17. The van der Waals surface area contributed by atoms with Crippen LogP contribution in [0.5, 0.6) is 5.75 Å². The van der Waals surface area contributed by atoms with Crippen molar-refractivity contribution in [2.75, 3.05) is 12.4 Å². The molecule has 8 heteroatoms. The van der Waals surface area contributed by atoms with Crippen molar-refractivity contribution in [2.45, 2.75) is 0 Å². The SMILES string of the molecule is COc1ccc(Nc2nc(Cl)nc3c2cnn3C)cc1Cl. The van der Waals surface area contributed by atoms with Crippen LogP contribution in [0.2, 0.25) is 10.3 Å². The molecule has 0 radical (unpaired) electrons. The van der Waals surface area contributed by atoms with Gasteiger partial charge in [0.2, 0.25) is 5.28 Å². The van der Waals surface area contributed by atoms with Gasteiger partial charge in [-0.05, 0) is 29.8 Å². The Bertz CT molecular complexity index is 818. The summed E-state index contributed by atoms with van der Waals surface area (Å²) in [6.07, 6.45) is 1.68. The molecular formula is C13H11Cl2N5O. The van der Waals surface area contributed by atoms with Crippen molar-refractivity contribution < 1.29 is 4.74 Å². The third kappa shape index (κ3) is 2.59. The summed E-state index contributed by atoms with van der Waals surface area (Å²) in [6, 6.07) is 5.36. The normalized spacial score (nSPS) is 10.9. The minimum Gasteiger partial charge on any atom is -0.495 e. The molecule has 0 amide bonds. The number of methoxy groups -OCH3 is 1. The smallest absolute Gasteiger partial charge is 0.226 e. The average Bonchev–Trinajstić information content (AvgIpc) is 2.81. The molecule has 0 unspecified atom stereocenters. The van der Waals surface area contributed by atoms with Gasteiger partial charge in [-0.3, -0.25) is 4.68 Å². The summed E-state index contributed by atoms with van der Waals surface area (Å²) in [6.45, 7) is 0. The number of benzene rings is 1. The van der Waals surface area contributed by atoms with E-state index in [1.807, 2.05) is 6.07 Å². The molecule has 0 atom stereocenters. The summed E-state index contributed by atoms with van der Waals surface area (Å²) < 4.78 is 6.76. The Balaban J connectivity index is 2.03. The molecule has 3 rings (SSSR count). The Hall–Kier alpha value is -2.05. The minimum absolute atomic E-state index is 0.146. The molecule has 0 aliphatic heterocycles. The Morgan fingerprint density at radius 1 is 1.24 bits per heavy atom. The molecule has 6 nitrogen and oxygen atoms in total. The Labute approximate surface area is 130 Å². The fraction of sp³-hybridized carbons (Fsp3) is 0.154. The molecule has 0 bridgehead atoms. The van der Waals surface area contributed by atoms with Gasteiger partial charge in [0.15, 0.2) is 5.65 Å². The lowest BCUT2D eigenvalue weighted by molar-refractivity contribution is 0.415. The van der Waals surface area contributed by atoms with E-state index in [4.69, 9.17) is 27.9 Å². The van der Waals surface area contributed by atoms with Crippen LogP contribution in [0.3, 0.4) is 0 Å². The van der Waals surface area contributed by atoms with Crippen LogP contribution >= 0.6 is 23.2 Å². The van der Waals surface area contributed by atoms with E-state index in [1.54, 1.807) is 37.2 Å². The molecule has 0 saturated heterocycles. The Morgan fingerprint density at radius 3 is 2.76 bits per heavy atom. The highest BCUT2D eigenvalue weighted by Gasteiger charge is 2.11. The van der Waals surface area contributed by atoms with Crippen molar-refractivity contribution in [1.82, 2.24) is 19.7 Å². The van der Waals surface area contributed by atoms with Crippen LogP contribution in [0.4, 0.5) is 11.5 Å². The quantitative estimate of drug-likeness (QED) is 0.748. The van der Waals surface area contributed by atoms with E-state index >= 15 is 0 Å². The number of ether oxygens (including phenoxy) is 1. The minimum atomic E-state index is 0.146. The van der Waals surface area contributed by atoms with Crippen LogP contribution < -0.4 is 10.1 Å². The number of hydrogen-bond acceptors (Lipinski definition) is 5. The zero-order chi connectivity index (χ0) is 15.0. The fourth-order valence-corrected chi connectivity index (χ4v) is 2.39. The van der Waals surface area contributed by atoms with E-state index in [0.717, 1.165) is 11.1 Å². The van der Waals surface area contributed by atoms with Gasteiger partial charge in [-0.2, -0.15) is 15.1 Å². The number of anilines is 2. The summed E-state index contributed by atoms with van der Waals surface area (Å²) >= 11 is 12.1. The second kappa shape index (κ2) is 5.38. The Kier molecular flexibility index (Phi) is 3.57. The van der Waals surface area contributed by atoms with Crippen molar-refractivity contribution in [1.29, 1.82) is 0 Å². The summed E-state index contributed by atoms with van der Waals surface area (Å²) in [5, 5.41) is 8.74. The van der Waals surface area contributed by atoms with Crippen LogP contribution in [0.25, 0.3) is 11.0 Å². The van der Waals surface area contributed by atoms with Crippen LogP contribution in [-0.4, -0.2) is 26.9 Å². The van der Waals surface area contributed by atoms with Crippen molar-refractivity contribution in [3.05, 3.63) is 34.7 Å². The second-order valence-corrected chi connectivity index (χ2v) is 5.07. The van der Waals surface area contributed by atoms with Gasteiger partial charge in [0.1, 0.15) is 11.6 Å². The zero-order valence-electron chi connectivity index (χ0n) is 11.3. The third-order valence-electron chi connectivity index (χ3n) is 2.98. The lowest BCUT2D eigenvalue weighted by Crippen LogP contribution is -1.98. The van der Waals surface area contributed by atoms with E-state index in [-0.39, 0.29) is 5.28 Å². The van der Waals surface area contributed by atoms with Gasteiger partial charge in [-0.15, -0.1) is 0 Å². The van der Waals surface area contributed by atoms with Gasteiger partial charge < -0.3 is 10.1 Å². The van der Waals surface area contributed by atoms with Gasteiger partial charge in [-0.25, -0.2) is 0 Å². The molecule has 1 aromatic carbocycles. The predicted molar refractivity (Wildman–Crippen MR) is 82.6 cm³/mol. The maximum atomic E-state index is 6.11. The predicted octanol–water partition coefficient (Wildman–Crippen LogP) is 3.42. The number of rotatable bonds is 3. The molecule has 21 heavy (non-hydrogen) atoms. The molecular weight excluding hydrogens is 313 g/mol. The molecule has 0 aliphatic carbocycles. The third-order valence-corrected chi connectivity index (χ3v) is 3.44. The first kappa shape index (κ1) is 13.9. The second-order valence-electron chi connectivity index (χ2n) is 4.32. The largest absolute Gasteiger partial charge is 0.495 e. The van der Waals surface area contributed by atoms with Crippen LogP contribution in [0.1, 0.15) is 0 Å². The molecule has 2 aromatic heterocycles. The lowest BCUT2D eigenvalue weighted by Gasteiger charge is -2.09. The monoisotopic (exact) mass is 323 g/mol. The highest BCUT2D eigenvalue weighted by molar-refractivity contribution is 6.32. The topological polar surface area (TPSA) is 64.9 Å². The van der Waals surface area contributed by atoms with E-state index in [9.17, 15) is 0 Å². The highest BCUT2D eigenvalue weighted by atomic mass is 35.5. The van der Waals surface area contributed by atoms with Crippen LogP contribution in [0, 0.1) is 0 Å². The van der Waals surface area contributed by atoms with E-state index in [2.05, 4.69) is 20.4 Å². The fourth-order valence-electron chi connectivity index (χ4n) is 1.97. The van der Waals surface area contributed by atoms with Gasteiger partial charge in [0, 0.05) is 12.7 Å². The first-order valence-electron chi connectivity index (χ1n) is 6.04. The number of nitrogens with zero attached hydrogens (tertiary/aromatic N) is 4. The number of nitrogens with one attached hydrogen (secondary N) is 1. The molecule has 2 heterocycles.